The molecule has 0 saturated carbocycles. The van der Waals surface area contributed by atoms with E-state index >= 15 is 0 Å². The van der Waals surface area contributed by atoms with Gasteiger partial charge in [0.1, 0.15) is 24.9 Å². The molecule has 0 unspecified atom stereocenters. The fraction of sp³-hybridized carbons (Fsp3) is 0.150. The summed E-state index contributed by atoms with van der Waals surface area (Å²) in [6.45, 7) is 3.02. The summed E-state index contributed by atoms with van der Waals surface area (Å²) >= 11 is 0. The van der Waals surface area contributed by atoms with Crippen LogP contribution >= 0.6 is 0 Å². The average molecular weight is 345 g/mol. The van der Waals surface area contributed by atoms with Gasteiger partial charge in [-0.2, -0.15) is 10.2 Å². The molecule has 1 aromatic heterocycles. The Labute approximate surface area is 150 Å². The van der Waals surface area contributed by atoms with Crippen LogP contribution < -0.4 is 9.47 Å². The average Bonchev–Trinajstić information content (AvgIpc) is 3.16. The first-order valence-electron chi connectivity index (χ1n) is 8.16. The van der Waals surface area contributed by atoms with Gasteiger partial charge in [-0.1, -0.05) is 35.5 Å². The zero-order valence-corrected chi connectivity index (χ0v) is 14.1. The number of nitriles is 1. The highest BCUT2D eigenvalue weighted by molar-refractivity contribution is 5.87. The van der Waals surface area contributed by atoms with Crippen LogP contribution in [0.1, 0.15) is 17.0 Å². The van der Waals surface area contributed by atoms with Gasteiger partial charge in [0.05, 0.1) is 0 Å². The minimum Gasteiger partial charge on any atom is -0.486 e. The lowest BCUT2D eigenvalue weighted by Gasteiger charge is -2.18. The first-order chi connectivity index (χ1) is 12.7. The van der Waals surface area contributed by atoms with E-state index in [0.717, 1.165) is 16.7 Å². The van der Waals surface area contributed by atoms with Gasteiger partial charge in [-0.25, -0.2) is 0 Å². The molecule has 2 aromatic carbocycles. The molecule has 0 amide bonds. The van der Waals surface area contributed by atoms with Crippen LogP contribution in [0.4, 0.5) is 0 Å². The van der Waals surface area contributed by atoms with Gasteiger partial charge < -0.3 is 14.0 Å². The van der Waals surface area contributed by atoms with Crippen LogP contribution in [-0.4, -0.2) is 23.4 Å². The Morgan fingerprint density at radius 1 is 1.12 bits per heavy atom. The Kier molecular flexibility index (Phi) is 4.12. The third-order valence-electron chi connectivity index (χ3n) is 4.04. The predicted octanol–water partition coefficient (Wildman–Crippen LogP) is 3.88. The number of hydrogen-bond donors (Lipinski definition) is 0. The number of nitrogens with zero attached hydrogens (tertiary/aromatic N) is 3. The summed E-state index contributed by atoms with van der Waals surface area (Å²) < 4.78 is 16.4. The Balaban J connectivity index is 1.67. The number of aryl methyl sites for hydroxylation is 1. The quantitative estimate of drug-likeness (QED) is 0.670. The highest BCUT2D eigenvalue weighted by Gasteiger charge is 2.15. The highest BCUT2D eigenvalue weighted by Crippen LogP contribution is 2.32. The molecule has 6 nitrogen and oxygen atoms in total. The monoisotopic (exact) mass is 345 g/mol. The van der Waals surface area contributed by atoms with Gasteiger partial charge in [-0.15, -0.1) is 0 Å². The molecule has 0 N–H and O–H groups in total. The number of benzene rings is 2. The summed E-state index contributed by atoms with van der Waals surface area (Å²) in [6.07, 6.45) is 1.69. The van der Waals surface area contributed by atoms with Crippen molar-refractivity contribution in [3.63, 3.8) is 0 Å². The first kappa shape index (κ1) is 15.9. The lowest BCUT2D eigenvalue weighted by Crippen LogP contribution is -2.15. The smallest absolute Gasteiger partial charge is 0.268 e. The van der Waals surface area contributed by atoms with Gasteiger partial charge in [-0.05, 0) is 36.3 Å². The minimum absolute atomic E-state index is 0.181. The summed E-state index contributed by atoms with van der Waals surface area (Å²) in [5.41, 5.74) is 2.99. The van der Waals surface area contributed by atoms with Crippen LogP contribution in [0, 0.1) is 18.3 Å². The summed E-state index contributed by atoms with van der Waals surface area (Å²) in [4.78, 5) is 4.37. The Hall–Kier alpha value is -3.59. The molecule has 0 aliphatic carbocycles. The molecular formula is C20H15N3O3. The maximum absolute atomic E-state index is 9.51. The molecular weight excluding hydrogens is 330 g/mol. The zero-order valence-electron chi connectivity index (χ0n) is 14.1. The van der Waals surface area contributed by atoms with E-state index in [1.165, 1.54) is 0 Å². The third-order valence-corrected chi connectivity index (χ3v) is 4.04. The normalized spacial score (nSPS) is 13.3. The molecule has 4 rings (SSSR count). The van der Waals surface area contributed by atoms with Crippen LogP contribution in [0.2, 0.25) is 0 Å². The Morgan fingerprint density at radius 3 is 2.73 bits per heavy atom. The van der Waals surface area contributed by atoms with Crippen molar-refractivity contribution in [2.45, 2.75) is 6.92 Å². The van der Waals surface area contributed by atoms with E-state index in [1.54, 1.807) is 6.08 Å². The van der Waals surface area contributed by atoms with Gasteiger partial charge in [-0.3, -0.25) is 0 Å². The molecule has 3 aromatic rings. The molecule has 0 atom stereocenters. The summed E-state index contributed by atoms with van der Waals surface area (Å²) in [7, 11) is 0. The van der Waals surface area contributed by atoms with Gasteiger partial charge in [0, 0.05) is 5.56 Å². The van der Waals surface area contributed by atoms with Crippen molar-refractivity contribution in [1.82, 2.24) is 10.1 Å². The van der Waals surface area contributed by atoms with E-state index in [2.05, 4.69) is 16.2 Å². The third kappa shape index (κ3) is 3.03. The van der Waals surface area contributed by atoms with Crippen LogP contribution in [0.5, 0.6) is 11.5 Å². The molecule has 0 spiro atoms. The van der Waals surface area contributed by atoms with E-state index < -0.39 is 0 Å². The molecule has 0 fully saturated rings. The molecule has 128 valence electrons. The highest BCUT2D eigenvalue weighted by atomic mass is 16.6. The van der Waals surface area contributed by atoms with Gasteiger partial charge >= 0.3 is 0 Å². The maximum atomic E-state index is 9.51. The van der Waals surface area contributed by atoms with E-state index in [-0.39, 0.29) is 11.5 Å². The van der Waals surface area contributed by atoms with Gasteiger partial charge in [0.25, 0.3) is 5.89 Å². The van der Waals surface area contributed by atoms with Crippen LogP contribution in [-0.2, 0) is 0 Å². The van der Waals surface area contributed by atoms with Crippen LogP contribution in [0.3, 0.4) is 0 Å². The van der Waals surface area contributed by atoms with Crippen molar-refractivity contribution in [1.29, 1.82) is 5.26 Å². The van der Waals surface area contributed by atoms with Crippen molar-refractivity contribution in [2.75, 3.05) is 13.2 Å². The van der Waals surface area contributed by atoms with Crippen molar-refractivity contribution >= 4 is 11.6 Å². The van der Waals surface area contributed by atoms with Gasteiger partial charge in [0.15, 0.2) is 11.5 Å². The minimum atomic E-state index is 0.181. The van der Waals surface area contributed by atoms with E-state index in [0.29, 0.717) is 30.5 Å². The zero-order chi connectivity index (χ0) is 17.9. The number of ether oxygens (including phenoxy) is 2. The number of rotatable bonds is 3. The molecule has 6 heteroatoms. The SMILES string of the molecule is Cc1ccccc1-c1noc(/C(C#N)=C/c2ccc3c(c2)OCCO3)n1. The van der Waals surface area contributed by atoms with Crippen molar-refractivity contribution < 1.29 is 14.0 Å². The standard InChI is InChI=1S/C20H15N3O3/c1-13-4-2-3-5-16(13)19-22-20(26-23-19)15(12-21)10-14-6-7-17-18(11-14)25-9-8-24-17/h2-7,10-11H,8-9H2,1H3/b15-10+. The number of aromatic nitrogens is 2. The second kappa shape index (κ2) is 6.73. The fourth-order valence-corrected chi connectivity index (χ4v) is 2.72. The molecule has 1 aliphatic heterocycles. The molecule has 0 bridgehead atoms. The maximum Gasteiger partial charge on any atom is 0.268 e. The first-order valence-corrected chi connectivity index (χ1v) is 8.16. The summed E-state index contributed by atoms with van der Waals surface area (Å²) in [5, 5.41) is 13.5. The lowest BCUT2D eigenvalue weighted by atomic mass is 10.1. The van der Waals surface area contributed by atoms with Crippen molar-refractivity contribution in [3.05, 3.63) is 59.5 Å². The molecule has 1 aliphatic rings. The van der Waals surface area contributed by atoms with E-state index in [1.807, 2.05) is 49.4 Å². The van der Waals surface area contributed by atoms with E-state index in [4.69, 9.17) is 14.0 Å². The summed E-state index contributed by atoms with van der Waals surface area (Å²) in [5.74, 6) is 2.00. The fourth-order valence-electron chi connectivity index (χ4n) is 2.72. The van der Waals surface area contributed by atoms with Crippen LogP contribution in [0.15, 0.2) is 47.0 Å². The van der Waals surface area contributed by atoms with Crippen molar-refractivity contribution in [3.8, 4) is 29.0 Å². The van der Waals surface area contributed by atoms with Gasteiger partial charge in [0.2, 0.25) is 5.82 Å². The number of hydrogen-bond acceptors (Lipinski definition) is 6. The molecule has 0 saturated heterocycles. The number of fused-ring (bicyclic) bond motifs is 1. The molecule has 2 heterocycles. The number of allylic oxidation sites excluding steroid dienone is 1. The molecule has 26 heavy (non-hydrogen) atoms. The largest absolute Gasteiger partial charge is 0.486 e. The van der Waals surface area contributed by atoms with Crippen LogP contribution in [0.25, 0.3) is 23.0 Å². The predicted molar refractivity (Wildman–Crippen MR) is 95.4 cm³/mol. The topological polar surface area (TPSA) is 81.2 Å². The second-order valence-corrected chi connectivity index (χ2v) is 5.81. The molecule has 0 radical (unpaired) electrons. The van der Waals surface area contributed by atoms with Crippen molar-refractivity contribution in [2.24, 2.45) is 0 Å². The Morgan fingerprint density at radius 2 is 1.92 bits per heavy atom. The van der Waals surface area contributed by atoms with E-state index in [9.17, 15) is 5.26 Å². The lowest BCUT2D eigenvalue weighted by molar-refractivity contribution is 0.171. The Bertz CT molecular complexity index is 1030. The summed E-state index contributed by atoms with van der Waals surface area (Å²) in [6, 6.07) is 15.4. The second-order valence-electron chi connectivity index (χ2n) is 5.81.